The molecule has 3 fully saturated rings. The molecule has 1 aromatic rings. The highest BCUT2D eigenvalue weighted by molar-refractivity contribution is 5.89. The van der Waals surface area contributed by atoms with Crippen molar-refractivity contribution in [3.63, 3.8) is 0 Å². The van der Waals surface area contributed by atoms with Crippen LogP contribution in [-0.2, 0) is 19.0 Å². The van der Waals surface area contributed by atoms with Gasteiger partial charge in [0.15, 0.2) is 0 Å². The first kappa shape index (κ1) is 21.3. The van der Waals surface area contributed by atoms with Gasteiger partial charge in [-0.15, -0.1) is 0 Å². The molecule has 0 radical (unpaired) electrons. The standard InChI is InChI=1S/C24H33NO5/c1-23(2)17-13-18-20(15-5-7-16(8-6-15)21(27)29-4)30-12-10-24(18,14-17)22(23)25-19(26)9-11-28-3/h5-8,17-18,20,22H,9-14H2,1-4H3,(H,25,26)/t17-,18-,20-,22-,24?/m1/s1. The van der Waals surface area contributed by atoms with Gasteiger partial charge in [0, 0.05) is 26.2 Å². The molecule has 30 heavy (non-hydrogen) atoms. The Morgan fingerprint density at radius 1 is 1.20 bits per heavy atom. The molecule has 1 unspecified atom stereocenters. The number of amides is 1. The number of esters is 1. The number of rotatable bonds is 6. The molecule has 1 N–H and O–H groups in total. The Morgan fingerprint density at radius 3 is 2.60 bits per heavy atom. The molecule has 1 aromatic carbocycles. The monoisotopic (exact) mass is 415 g/mol. The molecule has 5 atom stereocenters. The Balaban J connectivity index is 1.59. The zero-order valence-electron chi connectivity index (χ0n) is 18.4. The molecule has 0 aromatic heterocycles. The van der Waals surface area contributed by atoms with Gasteiger partial charge < -0.3 is 19.5 Å². The minimum absolute atomic E-state index is 0.00933. The lowest BCUT2D eigenvalue weighted by atomic mass is 9.59. The van der Waals surface area contributed by atoms with Gasteiger partial charge >= 0.3 is 5.97 Å². The first-order valence-corrected chi connectivity index (χ1v) is 10.9. The second-order valence-corrected chi connectivity index (χ2v) is 9.70. The molecule has 1 aliphatic heterocycles. The normalized spacial score (nSPS) is 33.7. The molecule has 1 amide bonds. The summed E-state index contributed by atoms with van der Waals surface area (Å²) in [5, 5.41) is 3.39. The number of hydrogen-bond donors (Lipinski definition) is 1. The van der Waals surface area contributed by atoms with Crippen molar-refractivity contribution >= 4 is 11.9 Å². The van der Waals surface area contributed by atoms with Gasteiger partial charge in [0.25, 0.3) is 0 Å². The van der Waals surface area contributed by atoms with E-state index in [0.717, 1.165) is 24.8 Å². The maximum absolute atomic E-state index is 12.6. The quantitative estimate of drug-likeness (QED) is 0.720. The summed E-state index contributed by atoms with van der Waals surface area (Å²) in [4.78, 5) is 24.4. The van der Waals surface area contributed by atoms with Crippen LogP contribution in [0, 0.1) is 22.7 Å². The summed E-state index contributed by atoms with van der Waals surface area (Å²) in [6.07, 6.45) is 3.61. The van der Waals surface area contributed by atoms with Crippen molar-refractivity contribution in [1.82, 2.24) is 5.32 Å². The third-order valence-electron chi connectivity index (χ3n) is 8.00. The SMILES string of the molecule is COCCC(=O)N[C@@H]1C(C)(C)[C@@H]2C[C@@H]3[C@@H](c4ccc(C(=O)OC)cc4)OCCC31C2. The molecule has 2 aliphatic carbocycles. The third kappa shape index (κ3) is 3.34. The van der Waals surface area contributed by atoms with E-state index in [4.69, 9.17) is 14.2 Å². The Morgan fingerprint density at radius 2 is 1.93 bits per heavy atom. The summed E-state index contributed by atoms with van der Waals surface area (Å²) in [6, 6.07) is 7.73. The van der Waals surface area contributed by atoms with E-state index >= 15 is 0 Å². The van der Waals surface area contributed by atoms with E-state index in [1.165, 1.54) is 7.11 Å². The summed E-state index contributed by atoms with van der Waals surface area (Å²) in [6.45, 7) is 5.74. The van der Waals surface area contributed by atoms with Crippen molar-refractivity contribution < 1.29 is 23.8 Å². The van der Waals surface area contributed by atoms with E-state index in [2.05, 4.69) is 19.2 Å². The Hall–Kier alpha value is -1.92. The van der Waals surface area contributed by atoms with Gasteiger partial charge in [-0.2, -0.15) is 0 Å². The van der Waals surface area contributed by atoms with Crippen molar-refractivity contribution in [3.8, 4) is 0 Å². The number of carbonyl (C=O) groups excluding carboxylic acids is 2. The molecule has 1 spiro atoms. The first-order chi connectivity index (χ1) is 14.3. The fourth-order valence-electron chi connectivity index (χ4n) is 6.47. The van der Waals surface area contributed by atoms with Crippen molar-refractivity contribution in [1.29, 1.82) is 0 Å². The highest BCUT2D eigenvalue weighted by atomic mass is 16.5. The minimum Gasteiger partial charge on any atom is -0.465 e. The van der Waals surface area contributed by atoms with Gasteiger partial charge in [-0.05, 0) is 59.6 Å². The van der Waals surface area contributed by atoms with Crippen LogP contribution in [0.25, 0.3) is 0 Å². The van der Waals surface area contributed by atoms with Crippen LogP contribution in [0.2, 0.25) is 0 Å². The number of hydrogen-bond acceptors (Lipinski definition) is 5. The van der Waals surface area contributed by atoms with E-state index in [9.17, 15) is 9.59 Å². The molecule has 3 aliphatic rings. The minimum atomic E-state index is -0.330. The van der Waals surface area contributed by atoms with Crippen LogP contribution in [0.3, 0.4) is 0 Å². The lowest BCUT2D eigenvalue weighted by Gasteiger charge is -2.53. The van der Waals surface area contributed by atoms with Crippen LogP contribution in [0.15, 0.2) is 24.3 Å². The van der Waals surface area contributed by atoms with E-state index in [-0.39, 0.29) is 34.9 Å². The van der Waals surface area contributed by atoms with Crippen molar-refractivity contribution in [2.24, 2.45) is 22.7 Å². The Kier molecular flexibility index (Phi) is 5.66. The molecular formula is C24H33NO5. The number of ether oxygens (including phenoxy) is 3. The van der Waals surface area contributed by atoms with E-state index in [1.807, 2.05) is 24.3 Å². The lowest BCUT2D eigenvalue weighted by molar-refractivity contribution is -0.137. The highest BCUT2D eigenvalue weighted by Crippen LogP contribution is 2.70. The van der Waals surface area contributed by atoms with Gasteiger partial charge in [-0.25, -0.2) is 4.79 Å². The summed E-state index contributed by atoms with van der Waals surface area (Å²) in [7, 11) is 3.01. The van der Waals surface area contributed by atoms with Crippen molar-refractivity contribution in [2.75, 3.05) is 27.4 Å². The van der Waals surface area contributed by atoms with Gasteiger partial charge in [-0.3, -0.25) is 4.79 Å². The number of nitrogens with one attached hydrogen (secondary N) is 1. The molecule has 1 heterocycles. The van der Waals surface area contributed by atoms with Crippen LogP contribution < -0.4 is 5.32 Å². The van der Waals surface area contributed by atoms with Crippen LogP contribution >= 0.6 is 0 Å². The van der Waals surface area contributed by atoms with Gasteiger partial charge in [0.1, 0.15) is 0 Å². The van der Waals surface area contributed by atoms with Crippen LogP contribution in [0.4, 0.5) is 0 Å². The molecular weight excluding hydrogens is 382 g/mol. The second kappa shape index (κ2) is 7.97. The molecule has 6 nitrogen and oxygen atoms in total. The third-order valence-corrected chi connectivity index (χ3v) is 8.00. The zero-order valence-corrected chi connectivity index (χ0v) is 18.4. The predicted octanol–water partition coefficient (Wildman–Crippen LogP) is 3.51. The van der Waals surface area contributed by atoms with Crippen LogP contribution in [0.1, 0.15) is 61.6 Å². The molecule has 1 saturated heterocycles. The van der Waals surface area contributed by atoms with Crippen LogP contribution in [-0.4, -0.2) is 45.4 Å². The first-order valence-electron chi connectivity index (χ1n) is 10.9. The average Bonchev–Trinajstić information content (AvgIpc) is 3.24. The fraction of sp³-hybridized carbons (Fsp3) is 0.667. The van der Waals surface area contributed by atoms with Crippen molar-refractivity contribution in [2.45, 2.75) is 51.7 Å². The number of fused-ring (bicyclic) bond motifs is 1. The summed E-state index contributed by atoms with van der Waals surface area (Å²) >= 11 is 0. The lowest BCUT2D eigenvalue weighted by Crippen LogP contribution is -2.59. The van der Waals surface area contributed by atoms with E-state index in [0.29, 0.717) is 37.0 Å². The smallest absolute Gasteiger partial charge is 0.337 e. The van der Waals surface area contributed by atoms with Gasteiger partial charge in [-0.1, -0.05) is 26.0 Å². The van der Waals surface area contributed by atoms with Gasteiger partial charge in [0.05, 0.1) is 25.4 Å². The second-order valence-electron chi connectivity index (χ2n) is 9.70. The highest BCUT2D eigenvalue weighted by Gasteiger charge is 2.68. The van der Waals surface area contributed by atoms with Crippen LogP contribution in [0.5, 0.6) is 0 Å². The summed E-state index contributed by atoms with van der Waals surface area (Å²) in [5.74, 6) is 0.666. The zero-order chi connectivity index (χ0) is 21.5. The number of methoxy groups -OCH3 is 2. The largest absolute Gasteiger partial charge is 0.465 e. The molecule has 2 saturated carbocycles. The topological polar surface area (TPSA) is 73.9 Å². The van der Waals surface area contributed by atoms with E-state index in [1.54, 1.807) is 7.11 Å². The number of benzene rings is 1. The number of carbonyl (C=O) groups is 2. The summed E-state index contributed by atoms with van der Waals surface area (Å²) in [5.41, 5.74) is 1.77. The van der Waals surface area contributed by atoms with E-state index < -0.39 is 0 Å². The summed E-state index contributed by atoms with van der Waals surface area (Å²) < 4.78 is 16.2. The maximum Gasteiger partial charge on any atom is 0.337 e. The maximum atomic E-state index is 12.6. The molecule has 6 heteroatoms. The molecule has 2 bridgehead atoms. The Bertz CT molecular complexity index is 804. The van der Waals surface area contributed by atoms with Crippen molar-refractivity contribution in [3.05, 3.63) is 35.4 Å². The molecule has 4 rings (SSSR count). The van der Waals surface area contributed by atoms with Gasteiger partial charge in [0.2, 0.25) is 5.91 Å². The molecule has 164 valence electrons. The fourth-order valence-corrected chi connectivity index (χ4v) is 6.47. The Labute approximate surface area is 178 Å². The average molecular weight is 416 g/mol. The predicted molar refractivity (Wildman–Crippen MR) is 112 cm³/mol.